The van der Waals surface area contributed by atoms with Gasteiger partial charge in [0, 0.05) is 18.5 Å². The molecule has 2 aliphatic heterocycles. The van der Waals surface area contributed by atoms with Crippen LogP contribution in [0.3, 0.4) is 0 Å². The van der Waals surface area contributed by atoms with Gasteiger partial charge in [-0.05, 0) is 23.3 Å². The minimum absolute atomic E-state index is 0.160. The van der Waals surface area contributed by atoms with Gasteiger partial charge in [0.05, 0.1) is 12.9 Å². The van der Waals surface area contributed by atoms with E-state index in [2.05, 4.69) is 32.4 Å². The lowest BCUT2D eigenvalue weighted by Crippen LogP contribution is -2.36. The molecule has 0 bridgehead atoms. The van der Waals surface area contributed by atoms with Gasteiger partial charge in [0.15, 0.2) is 29.0 Å². The molecule has 0 amide bonds. The van der Waals surface area contributed by atoms with Crippen LogP contribution in [0, 0.1) is 0 Å². The number of nitrogens with one attached hydrogen (secondary N) is 1. The largest absolute Gasteiger partial charge is 0.394 e. The van der Waals surface area contributed by atoms with Gasteiger partial charge in [-0.15, -0.1) is 0 Å². The molecule has 9 nitrogen and oxygen atoms in total. The molecule has 4 atom stereocenters. The average Bonchev–Trinajstić information content (AvgIpc) is 3.61. The summed E-state index contributed by atoms with van der Waals surface area (Å²) in [5, 5.41) is 13.3. The lowest BCUT2D eigenvalue weighted by atomic mass is 10.1. The predicted octanol–water partition coefficient (Wildman–Crippen LogP) is 2.74. The molecule has 2 aromatic heterocycles. The Morgan fingerprint density at radius 1 is 0.941 bits per heavy atom. The number of nitrogens with zero attached hydrogens (tertiary/aromatic N) is 4. The van der Waals surface area contributed by atoms with Crippen LogP contribution in [0.15, 0.2) is 67.3 Å². The summed E-state index contributed by atoms with van der Waals surface area (Å²) in [5.41, 5.74) is 4.62. The number of para-hydroxylation sites is 1. The van der Waals surface area contributed by atoms with Gasteiger partial charge in [-0.25, -0.2) is 15.0 Å². The maximum absolute atomic E-state index is 10.0. The summed E-state index contributed by atoms with van der Waals surface area (Å²) >= 11 is 0. The summed E-state index contributed by atoms with van der Waals surface area (Å²) in [4.78, 5) is 13.5. The Morgan fingerprint density at radius 2 is 1.68 bits per heavy atom. The van der Waals surface area contributed by atoms with Crippen molar-refractivity contribution < 1.29 is 19.3 Å². The maximum Gasteiger partial charge on any atom is 0.177 e. The molecule has 34 heavy (non-hydrogen) atoms. The van der Waals surface area contributed by atoms with Crippen molar-refractivity contribution in [3.63, 3.8) is 0 Å². The molecule has 9 heteroatoms. The number of aromatic nitrogens is 4. The van der Waals surface area contributed by atoms with Gasteiger partial charge in [-0.3, -0.25) is 4.57 Å². The Balaban J connectivity index is 1.22. The maximum atomic E-state index is 10.0. The molecule has 0 saturated carbocycles. The fraction of sp³-hybridized carbons (Fsp3) is 0.320. The first-order valence-corrected chi connectivity index (χ1v) is 11.4. The van der Waals surface area contributed by atoms with Crippen LogP contribution < -0.4 is 5.32 Å². The number of hydrogen-bond donors (Lipinski definition) is 2. The van der Waals surface area contributed by atoms with E-state index < -0.39 is 24.2 Å². The molecule has 2 fully saturated rings. The van der Waals surface area contributed by atoms with Crippen molar-refractivity contribution >= 4 is 22.7 Å². The molecule has 2 aromatic carbocycles. The summed E-state index contributed by atoms with van der Waals surface area (Å²) in [5.74, 6) is -0.130. The summed E-state index contributed by atoms with van der Waals surface area (Å²) < 4.78 is 21.1. The minimum Gasteiger partial charge on any atom is -0.394 e. The number of aliphatic hydroxyl groups is 1. The van der Waals surface area contributed by atoms with Gasteiger partial charge >= 0.3 is 0 Å². The molecular weight excluding hydrogens is 434 g/mol. The minimum atomic E-state index is -0.736. The van der Waals surface area contributed by atoms with Gasteiger partial charge in [-0.1, -0.05) is 42.5 Å². The van der Waals surface area contributed by atoms with Gasteiger partial charge in [0.1, 0.15) is 24.6 Å². The number of anilines is 2. The predicted molar refractivity (Wildman–Crippen MR) is 122 cm³/mol. The normalized spacial score (nSPS) is 26.7. The smallest absolute Gasteiger partial charge is 0.177 e. The van der Waals surface area contributed by atoms with Crippen molar-refractivity contribution in [3.8, 4) is 0 Å². The second-order valence-electron chi connectivity index (χ2n) is 8.98. The lowest BCUT2D eigenvalue weighted by molar-refractivity contribution is -0.213. The third kappa shape index (κ3) is 3.05. The molecule has 1 aliphatic carbocycles. The van der Waals surface area contributed by atoms with E-state index in [1.54, 1.807) is 6.33 Å². The van der Waals surface area contributed by atoms with Crippen molar-refractivity contribution in [2.24, 2.45) is 0 Å². The number of imidazole rings is 1. The first kappa shape index (κ1) is 20.0. The molecule has 2 N–H and O–H groups in total. The van der Waals surface area contributed by atoms with Gasteiger partial charge < -0.3 is 24.6 Å². The highest BCUT2D eigenvalue weighted by molar-refractivity contribution is 5.85. The van der Waals surface area contributed by atoms with Crippen molar-refractivity contribution in [1.29, 1.82) is 0 Å². The fourth-order valence-corrected chi connectivity index (χ4v) is 5.37. The lowest BCUT2D eigenvalue weighted by Gasteiger charge is -2.27. The monoisotopic (exact) mass is 457 g/mol. The average molecular weight is 457 g/mol. The molecule has 2 unspecified atom stereocenters. The standard InChI is InChI=1S/C25H23N5O4/c31-12-18-20-21(34-25(33-20)10-15-6-4-5-7-16(15)11-25)24(32-18)30-14-28-19-22(26-13-27-23(19)30)29-17-8-2-1-3-9-17/h1-9,13-14,18,20-21,24,31H,10-12H2,(H,26,27,29)/t18-,20?,21?,24-/m1/s1. The molecule has 172 valence electrons. The summed E-state index contributed by atoms with van der Waals surface area (Å²) in [6.45, 7) is -0.160. The molecule has 4 heterocycles. The van der Waals surface area contributed by atoms with E-state index in [9.17, 15) is 5.11 Å². The van der Waals surface area contributed by atoms with Crippen molar-refractivity contribution in [2.45, 2.75) is 43.2 Å². The van der Waals surface area contributed by atoms with Gasteiger partial charge in [0.2, 0.25) is 0 Å². The van der Waals surface area contributed by atoms with Crippen LogP contribution in [0.25, 0.3) is 11.2 Å². The van der Waals surface area contributed by atoms with E-state index in [-0.39, 0.29) is 12.7 Å². The Hall–Kier alpha value is -3.37. The van der Waals surface area contributed by atoms with Crippen LogP contribution in [-0.4, -0.2) is 55.3 Å². The van der Waals surface area contributed by atoms with Gasteiger partial charge in [-0.2, -0.15) is 0 Å². The Morgan fingerprint density at radius 3 is 2.44 bits per heavy atom. The van der Waals surface area contributed by atoms with Crippen LogP contribution in [0.5, 0.6) is 0 Å². The second-order valence-corrected chi connectivity index (χ2v) is 8.98. The number of rotatable bonds is 4. The van der Waals surface area contributed by atoms with E-state index in [0.717, 1.165) is 5.69 Å². The van der Waals surface area contributed by atoms with Gasteiger partial charge in [0.25, 0.3) is 0 Å². The molecule has 0 radical (unpaired) electrons. The van der Waals surface area contributed by atoms with Crippen LogP contribution in [0.2, 0.25) is 0 Å². The van der Waals surface area contributed by atoms with Crippen molar-refractivity contribution in [2.75, 3.05) is 11.9 Å². The summed E-state index contributed by atoms with van der Waals surface area (Å²) in [6.07, 6.45) is 2.74. The molecule has 7 rings (SSSR count). The molecule has 2 saturated heterocycles. The topological polar surface area (TPSA) is 104 Å². The third-order valence-electron chi connectivity index (χ3n) is 6.87. The number of ether oxygens (including phenoxy) is 3. The zero-order valence-corrected chi connectivity index (χ0v) is 18.2. The molecule has 3 aliphatic rings. The molecule has 1 spiro atoms. The second kappa shape index (κ2) is 7.57. The Bertz CT molecular complexity index is 1330. The van der Waals surface area contributed by atoms with E-state index in [0.29, 0.717) is 29.8 Å². The Labute approximate surface area is 195 Å². The first-order valence-electron chi connectivity index (χ1n) is 11.4. The highest BCUT2D eigenvalue weighted by Gasteiger charge is 2.60. The zero-order chi connectivity index (χ0) is 22.7. The summed E-state index contributed by atoms with van der Waals surface area (Å²) in [7, 11) is 0. The van der Waals surface area contributed by atoms with Crippen molar-refractivity contribution in [1.82, 2.24) is 19.5 Å². The number of fused-ring (bicyclic) bond motifs is 3. The SMILES string of the molecule is OC[C@H]1O[C@@H](n2cnc3c(Nc4ccccc4)ncnc32)C2OC3(Cc4ccccc4C3)OC21. The quantitative estimate of drug-likeness (QED) is 0.482. The van der Waals surface area contributed by atoms with Crippen LogP contribution >= 0.6 is 0 Å². The van der Waals surface area contributed by atoms with E-state index in [4.69, 9.17) is 14.2 Å². The third-order valence-corrected chi connectivity index (χ3v) is 6.87. The fourth-order valence-electron chi connectivity index (χ4n) is 5.37. The van der Waals surface area contributed by atoms with Crippen LogP contribution in [0.1, 0.15) is 17.4 Å². The van der Waals surface area contributed by atoms with E-state index >= 15 is 0 Å². The van der Waals surface area contributed by atoms with E-state index in [1.807, 2.05) is 47.0 Å². The molecular formula is C25H23N5O4. The number of aliphatic hydroxyl groups excluding tert-OH is 1. The van der Waals surface area contributed by atoms with Crippen molar-refractivity contribution in [3.05, 3.63) is 78.4 Å². The highest BCUT2D eigenvalue weighted by Crippen LogP contribution is 2.48. The first-order chi connectivity index (χ1) is 16.7. The number of benzene rings is 2. The van der Waals surface area contributed by atoms with Crippen LogP contribution in [0.4, 0.5) is 11.5 Å². The Kier molecular flexibility index (Phi) is 4.46. The highest BCUT2D eigenvalue weighted by atomic mass is 16.8. The zero-order valence-electron chi connectivity index (χ0n) is 18.2. The summed E-state index contributed by atoms with van der Waals surface area (Å²) in [6, 6.07) is 18.1. The van der Waals surface area contributed by atoms with E-state index in [1.165, 1.54) is 17.5 Å². The van der Waals surface area contributed by atoms with Crippen LogP contribution in [-0.2, 0) is 27.1 Å². The molecule has 4 aromatic rings. The number of hydrogen-bond acceptors (Lipinski definition) is 8.